The van der Waals surface area contributed by atoms with Gasteiger partial charge in [-0.1, -0.05) is 26.7 Å². The third-order valence-corrected chi connectivity index (χ3v) is 3.55. The standard InChI is InChI=1S/C12H23NO/c1-10(14)12(2,3)9-13(4)11-7-5-6-8-11/h11H,5-9H2,1-4H3. The SMILES string of the molecule is CC(=O)C(C)(C)CN(C)C1CCCC1. The molecule has 1 fully saturated rings. The van der Waals surface area contributed by atoms with Crippen molar-refractivity contribution in [2.24, 2.45) is 5.41 Å². The Morgan fingerprint density at radius 3 is 2.29 bits per heavy atom. The number of hydrogen-bond donors (Lipinski definition) is 0. The van der Waals surface area contributed by atoms with Gasteiger partial charge in [0.2, 0.25) is 0 Å². The van der Waals surface area contributed by atoms with Crippen LogP contribution in [0.25, 0.3) is 0 Å². The molecule has 0 amide bonds. The lowest BCUT2D eigenvalue weighted by Gasteiger charge is -2.32. The first kappa shape index (κ1) is 11.7. The summed E-state index contributed by atoms with van der Waals surface area (Å²) in [6, 6.07) is 0.716. The van der Waals surface area contributed by atoms with Crippen LogP contribution in [0.3, 0.4) is 0 Å². The fraction of sp³-hybridized carbons (Fsp3) is 0.917. The molecule has 0 spiro atoms. The largest absolute Gasteiger partial charge is 0.302 e. The van der Waals surface area contributed by atoms with Crippen molar-refractivity contribution in [3.63, 3.8) is 0 Å². The maximum absolute atomic E-state index is 11.4. The topological polar surface area (TPSA) is 20.3 Å². The number of carbonyl (C=O) groups is 1. The second kappa shape index (κ2) is 4.43. The molecule has 0 atom stereocenters. The summed E-state index contributed by atoms with van der Waals surface area (Å²) < 4.78 is 0. The molecule has 0 saturated heterocycles. The summed E-state index contributed by atoms with van der Waals surface area (Å²) in [5.74, 6) is 0.294. The Bertz CT molecular complexity index is 204. The van der Waals surface area contributed by atoms with Gasteiger partial charge in [0, 0.05) is 18.0 Å². The third-order valence-electron chi connectivity index (χ3n) is 3.55. The zero-order valence-electron chi connectivity index (χ0n) is 9.97. The smallest absolute Gasteiger partial charge is 0.136 e. The molecule has 0 aromatic heterocycles. The maximum atomic E-state index is 11.4. The molecular weight excluding hydrogens is 174 g/mol. The molecular formula is C12H23NO. The Hall–Kier alpha value is -0.370. The van der Waals surface area contributed by atoms with E-state index >= 15 is 0 Å². The third kappa shape index (κ3) is 2.81. The van der Waals surface area contributed by atoms with Crippen LogP contribution in [-0.4, -0.2) is 30.3 Å². The summed E-state index contributed by atoms with van der Waals surface area (Å²) >= 11 is 0. The molecule has 0 N–H and O–H groups in total. The molecule has 0 aliphatic heterocycles. The van der Waals surface area contributed by atoms with E-state index in [0.717, 1.165) is 6.54 Å². The second-order valence-corrected chi connectivity index (χ2v) is 5.29. The van der Waals surface area contributed by atoms with Gasteiger partial charge in [-0.05, 0) is 26.8 Å². The molecule has 1 aliphatic rings. The van der Waals surface area contributed by atoms with Gasteiger partial charge in [0.15, 0.2) is 0 Å². The highest BCUT2D eigenvalue weighted by atomic mass is 16.1. The number of rotatable bonds is 4. The minimum absolute atomic E-state index is 0.183. The van der Waals surface area contributed by atoms with Crippen LogP contribution in [0.5, 0.6) is 0 Å². The van der Waals surface area contributed by atoms with E-state index in [9.17, 15) is 4.79 Å². The minimum atomic E-state index is -0.183. The molecule has 0 aromatic carbocycles. The normalized spacial score (nSPS) is 19.2. The summed E-state index contributed by atoms with van der Waals surface area (Å²) in [6.07, 6.45) is 5.33. The number of ketones is 1. The highest BCUT2D eigenvalue weighted by Gasteiger charge is 2.29. The first-order valence-corrected chi connectivity index (χ1v) is 5.65. The van der Waals surface area contributed by atoms with Crippen LogP contribution in [0, 0.1) is 5.41 Å². The molecule has 1 saturated carbocycles. The van der Waals surface area contributed by atoms with Crippen LogP contribution in [0.2, 0.25) is 0 Å². The highest BCUT2D eigenvalue weighted by Crippen LogP contribution is 2.26. The Labute approximate surface area is 87.7 Å². The van der Waals surface area contributed by atoms with Gasteiger partial charge in [-0.25, -0.2) is 0 Å². The lowest BCUT2D eigenvalue weighted by atomic mass is 9.88. The van der Waals surface area contributed by atoms with Crippen LogP contribution in [0.1, 0.15) is 46.5 Å². The molecule has 0 radical (unpaired) electrons. The van der Waals surface area contributed by atoms with Crippen molar-refractivity contribution < 1.29 is 4.79 Å². The van der Waals surface area contributed by atoms with Crippen molar-refractivity contribution in [2.75, 3.05) is 13.6 Å². The monoisotopic (exact) mass is 197 g/mol. The molecule has 82 valence electrons. The molecule has 0 heterocycles. The van der Waals surface area contributed by atoms with Gasteiger partial charge >= 0.3 is 0 Å². The van der Waals surface area contributed by atoms with Gasteiger partial charge in [-0.15, -0.1) is 0 Å². The van der Waals surface area contributed by atoms with Crippen LogP contribution >= 0.6 is 0 Å². The fourth-order valence-corrected chi connectivity index (χ4v) is 2.21. The zero-order chi connectivity index (χ0) is 10.8. The van der Waals surface area contributed by atoms with Crippen molar-refractivity contribution in [1.29, 1.82) is 0 Å². The highest BCUT2D eigenvalue weighted by molar-refractivity contribution is 5.81. The van der Waals surface area contributed by atoms with Crippen LogP contribution in [0.15, 0.2) is 0 Å². The van der Waals surface area contributed by atoms with Gasteiger partial charge in [-0.2, -0.15) is 0 Å². The molecule has 2 heteroatoms. The van der Waals surface area contributed by atoms with E-state index in [1.165, 1.54) is 25.7 Å². The van der Waals surface area contributed by atoms with Crippen molar-refractivity contribution in [1.82, 2.24) is 4.90 Å². The zero-order valence-corrected chi connectivity index (χ0v) is 9.97. The summed E-state index contributed by atoms with van der Waals surface area (Å²) in [5, 5.41) is 0. The van der Waals surface area contributed by atoms with Gasteiger partial charge in [0.25, 0.3) is 0 Å². The Kier molecular flexibility index (Phi) is 3.71. The van der Waals surface area contributed by atoms with E-state index in [0.29, 0.717) is 11.8 Å². The predicted molar refractivity (Wildman–Crippen MR) is 59.3 cm³/mol. The predicted octanol–water partition coefficient (Wildman–Crippen LogP) is 2.48. The first-order valence-electron chi connectivity index (χ1n) is 5.65. The number of nitrogens with zero attached hydrogens (tertiary/aromatic N) is 1. The summed E-state index contributed by atoms with van der Waals surface area (Å²) in [4.78, 5) is 13.8. The number of hydrogen-bond acceptors (Lipinski definition) is 2. The van der Waals surface area contributed by atoms with Crippen molar-refractivity contribution >= 4 is 5.78 Å². The van der Waals surface area contributed by atoms with Crippen LogP contribution in [-0.2, 0) is 4.79 Å². The Morgan fingerprint density at radius 1 is 1.36 bits per heavy atom. The molecule has 14 heavy (non-hydrogen) atoms. The summed E-state index contributed by atoms with van der Waals surface area (Å²) in [5.41, 5.74) is -0.183. The Morgan fingerprint density at radius 2 is 1.86 bits per heavy atom. The number of carbonyl (C=O) groups excluding carboxylic acids is 1. The fourth-order valence-electron chi connectivity index (χ4n) is 2.21. The lowest BCUT2D eigenvalue weighted by molar-refractivity contribution is -0.125. The molecule has 0 unspecified atom stereocenters. The summed E-state index contributed by atoms with van der Waals surface area (Å²) in [7, 11) is 2.15. The summed E-state index contributed by atoms with van der Waals surface area (Å²) in [6.45, 7) is 6.68. The average molecular weight is 197 g/mol. The van der Waals surface area contributed by atoms with Gasteiger partial charge in [0.1, 0.15) is 5.78 Å². The van der Waals surface area contributed by atoms with E-state index in [1.807, 2.05) is 13.8 Å². The quantitative estimate of drug-likeness (QED) is 0.690. The van der Waals surface area contributed by atoms with E-state index in [-0.39, 0.29) is 5.41 Å². The van der Waals surface area contributed by atoms with E-state index < -0.39 is 0 Å². The minimum Gasteiger partial charge on any atom is -0.302 e. The maximum Gasteiger partial charge on any atom is 0.136 e. The van der Waals surface area contributed by atoms with Gasteiger partial charge < -0.3 is 4.90 Å². The average Bonchev–Trinajstić information content (AvgIpc) is 2.54. The van der Waals surface area contributed by atoms with Crippen LogP contribution < -0.4 is 0 Å². The number of Topliss-reactive ketones (excluding diaryl/α,β-unsaturated/α-hetero) is 1. The van der Waals surface area contributed by atoms with E-state index in [4.69, 9.17) is 0 Å². The lowest BCUT2D eigenvalue weighted by Crippen LogP contribution is -2.40. The molecule has 2 nitrogen and oxygen atoms in total. The molecule has 1 aliphatic carbocycles. The molecule has 0 bridgehead atoms. The van der Waals surface area contributed by atoms with Gasteiger partial charge in [0.05, 0.1) is 0 Å². The van der Waals surface area contributed by atoms with Crippen LogP contribution in [0.4, 0.5) is 0 Å². The first-order chi connectivity index (χ1) is 6.43. The van der Waals surface area contributed by atoms with Gasteiger partial charge in [-0.3, -0.25) is 4.79 Å². The van der Waals surface area contributed by atoms with Crippen molar-refractivity contribution in [3.05, 3.63) is 0 Å². The second-order valence-electron chi connectivity index (χ2n) is 5.29. The Balaban J connectivity index is 2.46. The van der Waals surface area contributed by atoms with E-state index in [2.05, 4.69) is 11.9 Å². The molecule has 1 rings (SSSR count). The van der Waals surface area contributed by atoms with Crippen molar-refractivity contribution in [2.45, 2.75) is 52.5 Å². The van der Waals surface area contributed by atoms with Crippen molar-refractivity contribution in [3.8, 4) is 0 Å². The van der Waals surface area contributed by atoms with E-state index in [1.54, 1.807) is 6.92 Å². The molecule has 0 aromatic rings.